The van der Waals surface area contributed by atoms with E-state index in [0.717, 1.165) is 44.1 Å². The van der Waals surface area contributed by atoms with Crippen LogP contribution in [0.15, 0.2) is 4.52 Å². The molecule has 1 N–H and O–H groups in total. The number of hydrogen-bond donors (Lipinski definition) is 1. The fourth-order valence-corrected chi connectivity index (χ4v) is 3.86. The van der Waals surface area contributed by atoms with Crippen LogP contribution in [-0.4, -0.2) is 38.8 Å². The van der Waals surface area contributed by atoms with Gasteiger partial charge in [0.25, 0.3) is 0 Å². The molecule has 3 rings (SSSR count). The van der Waals surface area contributed by atoms with E-state index in [4.69, 9.17) is 4.52 Å². The highest BCUT2D eigenvalue weighted by Crippen LogP contribution is 2.35. The quantitative estimate of drug-likeness (QED) is 0.924. The molecule has 118 valence electrons. The molecule has 0 amide bonds. The molecule has 2 aliphatic rings. The molecule has 1 saturated carbocycles. The van der Waals surface area contributed by atoms with Crippen LogP contribution in [0.25, 0.3) is 0 Å². The van der Waals surface area contributed by atoms with E-state index >= 15 is 0 Å². The lowest BCUT2D eigenvalue weighted by Gasteiger charge is -2.39. The molecule has 21 heavy (non-hydrogen) atoms. The molecule has 1 aromatic rings. The molecule has 1 saturated heterocycles. The average molecular weight is 293 g/mol. The molecule has 3 unspecified atom stereocenters. The number of hydrogen-bond acceptors (Lipinski definition) is 5. The minimum Gasteiger partial charge on any atom is -0.393 e. The second-order valence-corrected chi connectivity index (χ2v) is 6.90. The van der Waals surface area contributed by atoms with Gasteiger partial charge in [0.05, 0.1) is 12.6 Å². The first-order valence-electron chi connectivity index (χ1n) is 8.39. The number of aliphatic hydroxyl groups is 1. The molecule has 3 atom stereocenters. The van der Waals surface area contributed by atoms with Gasteiger partial charge in [-0.15, -0.1) is 0 Å². The van der Waals surface area contributed by atoms with Gasteiger partial charge in [-0.05, 0) is 32.2 Å². The van der Waals surface area contributed by atoms with Crippen molar-refractivity contribution < 1.29 is 9.63 Å². The largest absolute Gasteiger partial charge is 0.393 e. The predicted octanol–water partition coefficient (Wildman–Crippen LogP) is 2.71. The Balaban J connectivity index is 1.68. The average Bonchev–Trinajstić information content (AvgIpc) is 3.09. The van der Waals surface area contributed by atoms with Crippen LogP contribution in [0.2, 0.25) is 0 Å². The smallest absolute Gasteiger partial charge is 0.240 e. The SMILES string of the molecule is CC(C)c1noc(CN2CCCCC2C2CCCC2O)n1. The van der Waals surface area contributed by atoms with E-state index in [9.17, 15) is 5.11 Å². The Morgan fingerprint density at radius 2 is 2.10 bits per heavy atom. The summed E-state index contributed by atoms with van der Waals surface area (Å²) in [5.41, 5.74) is 0. The summed E-state index contributed by atoms with van der Waals surface area (Å²) in [6, 6.07) is 0.477. The fraction of sp³-hybridized carbons (Fsp3) is 0.875. The Bertz CT molecular complexity index is 460. The third-order valence-corrected chi connectivity index (χ3v) is 5.03. The fourth-order valence-electron chi connectivity index (χ4n) is 3.86. The summed E-state index contributed by atoms with van der Waals surface area (Å²) in [7, 11) is 0. The Labute approximate surface area is 126 Å². The van der Waals surface area contributed by atoms with E-state index < -0.39 is 0 Å². The number of rotatable bonds is 4. The minimum absolute atomic E-state index is 0.121. The van der Waals surface area contributed by atoms with Gasteiger partial charge in [0, 0.05) is 17.9 Å². The monoisotopic (exact) mass is 293 g/mol. The van der Waals surface area contributed by atoms with Gasteiger partial charge in [0.15, 0.2) is 5.82 Å². The third-order valence-electron chi connectivity index (χ3n) is 5.03. The highest BCUT2D eigenvalue weighted by molar-refractivity contribution is 4.95. The second-order valence-electron chi connectivity index (χ2n) is 6.90. The predicted molar refractivity (Wildman–Crippen MR) is 79.8 cm³/mol. The zero-order valence-electron chi connectivity index (χ0n) is 13.2. The highest BCUT2D eigenvalue weighted by Gasteiger charge is 2.37. The standard InChI is InChI=1S/C16H27N3O2/c1-11(2)16-17-15(21-18-16)10-19-9-4-3-7-13(19)12-6-5-8-14(12)20/h11-14,20H,3-10H2,1-2H3. The lowest BCUT2D eigenvalue weighted by Crippen LogP contribution is -2.45. The summed E-state index contributed by atoms with van der Waals surface area (Å²) in [4.78, 5) is 6.96. The second kappa shape index (κ2) is 6.44. The van der Waals surface area contributed by atoms with Crippen molar-refractivity contribution in [2.75, 3.05) is 6.54 Å². The Kier molecular flexibility index (Phi) is 4.60. The van der Waals surface area contributed by atoms with Gasteiger partial charge in [0.1, 0.15) is 0 Å². The topological polar surface area (TPSA) is 62.4 Å². The van der Waals surface area contributed by atoms with Crippen LogP contribution in [0.1, 0.15) is 70.0 Å². The molecular formula is C16H27N3O2. The van der Waals surface area contributed by atoms with E-state index in [1.807, 2.05) is 0 Å². The molecule has 1 aliphatic heterocycles. The maximum atomic E-state index is 10.2. The van der Waals surface area contributed by atoms with Crippen molar-refractivity contribution >= 4 is 0 Å². The molecule has 0 aromatic carbocycles. The maximum Gasteiger partial charge on any atom is 0.240 e. The number of nitrogens with zero attached hydrogens (tertiary/aromatic N) is 3. The molecule has 1 aromatic heterocycles. The Hall–Kier alpha value is -0.940. The highest BCUT2D eigenvalue weighted by atomic mass is 16.5. The summed E-state index contributed by atoms with van der Waals surface area (Å²) in [6.07, 6.45) is 6.85. The van der Waals surface area contributed by atoms with Crippen LogP contribution < -0.4 is 0 Å². The van der Waals surface area contributed by atoms with Gasteiger partial charge in [-0.2, -0.15) is 4.98 Å². The minimum atomic E-state index is -0.121. The number of piperidine rings is 1. The van der Waals surface area contributed by atoms with Crippen molar-refractivity contribution in [2.24, 2.45) is 5.92 Å². The first kappa shape index (κ1) is 15.0. The summed E-state index contributed by atoms with van der Waals surface area (Å²) in [5, 5.41) is 14.3. The Morgan fingerprint density at radius 3 is 2.76 bits per heavy atom. The van der Waals surface area contributed by atoms with Crippen LogP contribution in [0.4, 0.5) is 0 Å². The van der Waals surface area contributed by atoms with Crippen LogP contribution >= 0.6 is 0 Å². The molecule has 5 heteroatoms. The third kappa shape index (κ3) is 3.29. The molecule has 0 bridgehead atoms. The van der Waals surface area contributed by atoms with Gasteiger partial charge in [0.2, 0.25) is 5.89 Å². The first-order chi connectivity index (χ1) is 10.1. The van der Waals surface area contributed by atoms with E-state index in [2.05, 4.69) is 28.9 Å². The summed E-state index contributed by atoms with van der Waals surface area (Å²) in [6.45, 7) is 5.96. The van der Waals surface area contributed by atoms with Gasteiger partial charge < -0.3 is 9.63 Å². The van der Waals surface area contributed by atoms with Gasteiger partial charge >= 0.3 is 0 Å². The molecule has 0 radical (unpaired) electrons. The summed E-state index contributed by atoms with van der Waals surface area (Å²) < 4.78 is 5.40. The van der Waals surface area contributed by atoms with E-state index in [1.54, 1.807) is 0 Å². The van der Waals surface area contributed by atoms with Crippen molar-refractivity contribution in [2.45, 2.75) is 77.0 Å². The zero-order chi connectivity index (χ0) is 14.8. The van der Waals surface area contributed by atoms with E-state index in [1.165, 1.54) is 19.3 Å². The van der Waals surface area contributed by atoms with Crippen molar-refractivity contribution in [1.82, 2.24) is 15.0 Å². The molecule has 2 heterocycles. The normalized spacial score (nSPS) is 31.1. The summed E-state index contributed by atoms with van der Waals surface area (Å²) in [5.74, 6) is 2.24. The van der Waals surface area contributed by atoms with Crippen molar-refractivity contribution in [3.8, 4) is 0 Å². The Morgan fingerprint density at radius 1 is 1.24 bits per heavy atom. The van der Waals surface area contributed by atoms with Crippen molar-refractivity contribution in [3.05, 3.63) is 11.7 Å². The molecule has 0 spiro atoms. The summed E-state index contributed by atoms with van der Waals surface area (Å²) >= 11 is 0. The molecule has 2 fully saturated rings. The van der Waals surface area contributed by atoms with Crippen LogP contribution in [0.3, 0.4) is 0 Å². The van der Waals surface area contributed by atoms with Crippen LogP contribution in [-0.2, 0) is 6.54 Å². The van der Waals surface area contributed by atoms with Crippen LogP contribution in [0, 0.1) is 5.92 Å². The molecule has 1 aliphatic carbocycles. The number of likely N-dealkylation sites (tertiary alicyclic amines) is 1. The van der Waals surface area contributed by atoms with Crippen molar-refractivity contribution in [3.63, 3.8) is 0 Å². The number of aliphatic hydroxyl groups excluding tert-OH is 1. The van der Waals surface area contributed by atoms with Gasteiger partial charge in [-0.25, -0.2) is 0 Å². The maximum absolute atomic E-state index is 10.2. The van der Waals surface area contributed by atoms with Crippen molar-refractivity contribution in [1.29, 1.82) is 0 Å². The lowest BCUT2D eigenvalue weighted by molar-refractivity contribution is 0.0262. The lowest BCUT2D eigenvalue weighted by atomic mass is 9.88. The van der Waals surface area contributed by atoms with E-state index in [-0.39, 0.29) is 6.10 Å². The van der Waals surface area contributed by atoms with E-state index in [0.29, 0.717) is 17.9 Å². The van der Waals surface area contributed by atoms with Crippen LogP contribution in [0.5, 0.6) is 0 Å². The first-order valence-corrected chi connectivity index (χ1v) is 8.39. The zero-order valence-corrected chi connectivity index (χ0v) is 13.2. The molecule has 5 nitrogen and oxygen atoms in total. The number of aromatic nitrogens is 2. The van der Waals surface area contributed by atoms with Gasteiger partial charge in [-0.3, -0.25) is 4.90 Å². The molecular weight excluding hydrogens is 266 g/mol. The van der Waals surface area contributed by atoms with Gasteiger partial charge in [-0.1, -0.05) is 31.8 Å².